The summed E-state index contributed by atoms with van der Waals surface area (Å²) >= 11 is 0. The lowest BCUT2D eigenvalue weighted by Crippen LogP contribution is -2.54. The van der Waals surface area contributed by atoms with E-state index in [0.29, 0.717) is 12.1 Å². The van der Waals surface area contributed by atoms with E-state index in [-0.39, 0.29) is 6.10 Å². The maximum absolute atomic E-state index is 9.81. The average Bonchev–Trinajstić information content (AvgIpc) is 2.67. The molecule has 0 saturated carbocycles. The van der Waals surface area contributed by atoms with Gasteiger partial charge in [0.2, 0.25) is 0 Å². The van der Waals surface area contributed by atoms with Gasteiger partial charge in [0.25, 0.3) is 0 Å². The van der Waals surface area contributed by atoms with Crippen molar-refractivity contribution in [2.24, 2.45) is 0 Å². The van der Waals surface area contributed by atoms with Crippen LogP contribution < -0.4 is 10.1 Å². The summed E-state index contributed by atoms with van der Waals surface area (Å²) < 4.78 is 5.47. The normalized spacial score (nSPS) is 25.0. The van der Waals surface area contributed by atoms with Crippen LogP contribution in [-0.4, -0.2) is 73.4 Å². The SMILES string of the molecule is CCC1CNCCN1C(CN1CCC(O)CC1)c1cccc(OC)c1. The van der Waals surface area contributed by atoms with Crippen molar-refractivity contribution < 1.29 is 9.84 Å². The van der Waals surface area contributed by atoms with Crippen molar-refractivity contribution in [2.75, 3.05) is 46.4 Å². The molecule has 3 rings (SSSR count). The van der Waals surface area contributed by atoms with Crippen LogP contribution in [0.3, 0.4) is 0 Å². The zero-order valence-corrected chi connectivity index (χ0v) is 15.7. The van der Waals surface area contributed by atoms with Crippen LogP contribution in [-0.2, 0) is 0 Å². The molecule has 140 valence electrons. The Balaban J connectivity index is 1.81. The number of hydrogen-bond acceptors (Lipinski definition) is 5. The molecule has 0 radical (unpaired) electrons. The first-order valence-electron chi connectivity index (χ1n) is 9.72. The van der Waals surface area contributed by atoms with Crippen LogP contribution in [0.1, 0.15) is 37.8 Å². The summed E-state index contributed by atoms with van der Waals surface area (Å²) in [6.45, 7) is 8.48. The minimum absolute atomic E-state index is 0.117. The number of nitrogens with zero attached hydrogens (tertiary/aromatic N) is 2. The van der Waals surface area contributed by atoms with Gasteiger partial charge in [-0.25, -0.2) is 0 Å². The van der Waals surface area contributed by atoms with Gasteiger partial charge in [-0.1, -0.05) is 19.1 Å². The molecular formula is C20H33N3O2. The molecule has 0 aromatic heterocycles. The Labute approximate surface area is 152 Å². The second-order valence-corrected chi connectivity index (χ2v) is 7.33. The average molecular weight is 348 g/mol. The Kier molecular flexibility index (Phi) is 6.70. The summed E-state index contributed by atoms with van der Waals surface area (Å²) in [6.07, 6.45) is 2.83. The van der Waals surface area contributed by atoms with E-state index in [2.05, 4.69) is 40.2 Å². The van der Waals surface area contributed by atoms with E-state index >= 15 is 0 Å². The number of ether oxygens (including phenoxy) is 1. The second kappa shape index (κ2) is 8.99. The molecule has 0 bridgehead atoms. The number of aliphatic hydroxyl groups excluding tert-OH is 1. The number of hydrogen-bond donors (Lipinski definition) is 2. The number of nitrogens with one attached hydrogen (secondary N) is 1. The van der Waals surface area contributed by atoms with E-state index < -0.39 is 0 Å². The minimum Gasteiger partial charge on any atom is -0.497 e. The van der Waals surface area contributed by atoms with Crippen molar-refractivity contribution in [3.05, 3.63) is 29.8 Å². The van der Waals surface area contributed by atoms with Gasteiger partial charge < -0.3 is 20.1 Å². The highest BCUT2D eigenvalue weighted by molar-refractivity contribution is 5.31. The van der Waals surface area contributed by atoms with Gasteiger partial charge in [0, 0.05) is 51.4 Å². The fourth-order valence-corrected chi connectivity index (χ4v) is 4.16. The summed E-state index contributed by atoms with van der Waals surface area (Å²) in [6, 6.07) is 9.49. The molecule has 1 aromatic carbocycles. The molecule has 2 aliphatic heterocycles. The van der Waals surface area contributed by atoms with Crippen LogP contribution in [0.15, 0.2) is 24.3 Å². The maximum atomic E-state index is 9.81. The van der Waals surface area contributed by atoms with Gasteiger partial charge in [0.1, 0.15) is 5.75 Å². The summed E-state index contributed by atoms with van der Waals surface area (Å²) in [5.41, 5.74) is 1.34. The van der Waals surface area contributed by atoms with Crippen LogP contribution in [0, 0.1) is 0 Å². The van der Waals surface area contributed by atoms with Crippen LogP contribution in [0.2, 0.25) is 0 Å². The zero-order chi connectivity index (χ0) is 17.6. The lowest BCUT2D eigenvalue weighted by atomic mass is 9.98. The third-order valence-corrected chi connectivity index (χ3v) is 5.73. The smallest absolute Gasteiger partial charge is 0.119 e. The number of piperidine rings is 1. The van der Waals surface area contributed by atoms with Crippen LogP contribution in [0.4, 0.5) is 0 Å². The zero-order valence-electron chi connectivity index (χ0n) is 15.7. The van der Waals surface area contributed by atoms with Gasteiger partial charge >= 0.3 is 0 Å². The molecule has 2 N–H and O–H groups in total. The Morgan fingerprint density at radius 1 is 1.28 bits per heavy atom. The predicted molar refractivity (Wildman–Crippen MR) is 101 cm³/mol. The number of aliphatic hydroxyl groups is 1. The van der Waals surface area contributed by atoms with E-state index in [1.54, 1.807) is 7.11 Å². The Bertz CT molecular complexity index is 531. The number of rotatable bonds is 6. The van der Waals surface area contributed by atoms with E-state index in [1.807, 2.05) is 6.07 Å². The topological polar surface area (TPSA) is 48.0 Å². The standard InChI is InChI=1S/C20H33N3O2/c1-3-17-14-21-9-12-23(17)20(15-22-10-7-18(24)8-11-22)16-5-4-6-19(13-16)25-2/h4-6,13,17-18,20-21,24H,3,7-12,14-15H2,1-2H3. The summed E-state index contributed by atoms with van der Waals surface area (Å²) in [4.78, 5) is 5.20. The molecule has 25 heavy (non-hydrogen) atoms. The fraction of sp³-hybridized carbons (Fsp3) is 0.700. The highest BCUT2D eigenvalue weighted by Gasteiger charge is 2.31. The number of methoxy groups -OCH3 is 1. The van der Waals surface area contributed by atoms with Crippen molar-refractivity contribution in [1.29, 1.82) is 0 Å². The van der Waals surface area contributed by atoms with Crippen molar-refractivity contribution in [3.63, 3.8) is 0 Å². The first-order chi connectivity index (χ1) is 12.2. The second-order valence-electron chi connectivity index (χ2n) is 7.33. The van der Waals surface area contributed by atoms with E-state index in [0.717, 1.165) is 64.3 Å². The molecule has 2 unspecified atom stereocenters. The monoisotopic (exact) mass is 347 g/mol. The van der Waals surface area contributed by atoms with Crippen LogP contribution in [0.25, 0.3) is 0 Å². The summed E-state index contributed by atoms with van der Waals surface area (Å²) in [5.74, 6) is 0.930. The maximum Gasteiger partial charge on any atom is 0.119 e. The summed E-state index contributed by atoms with van der Waals surface area (Å²) in [7, 11) is 1.74. The molecule has 1 aromatic rings. The molecule has 0 amide bonds. The van der Waals surface area contributed by atoms with Gasteiger partial charge in [-0.3, -0.25) is 4.90 Å². The highest BCUT2D eigenvalue weighted by Crippen LogP contribution is 2.29. The van der Waals surface area contributed by atoms with Crippen LogP contribution in [0.5, 0.6) is 5.75 Å². The Hall–Kier alpha value is -1.14. The molecule has 0 spiro atoms. The van der Waals surface area contributed by atoms with Crippen molar-refractivity contribution in [3.8, 4) is 5.75 Å². The molecule has 2 saturated heterocycles. The number of likely N-dealkylation sites (tertiary alicyclic amines) is 1. The first-order valence-corrected chi connectivity index (χ1v) is 9.72. The van der Waals surface area contributed by atoms with Crippen molar-refractivity contribution >= 4 is 0 Å². The quantitative estimate of drug-likeness (QED) is 0.823. The third kappa shape index (κ3) is 4.73. The highest BCUT2D eigenvalue weighted by atomic mass is 16.5. The van der Waals surface area contributed by atoms with Crippen molar-refractivity contribution in [1.82, 2.24) is 15.1 Å². The Morgan fingerprint density at radius 2 is 2.08 bits per heavy atom. The van der Waals surface area contributed by atoms with E-state index in [9.17, 15) is 5.11 Å². The van der Waals surface area contributed by atoms with Gasteiger partial charge in [-0.2, -0.15) is 0 Å². The molecular weight excluding hydrogens is 314 g/mol. The minimum atomic E-state index is -0.117. The predicted octanol–water partition coefficient (Wildman–Crippen LogP) is 1.88. The Morgan fingerprint density at radius 3 is 2.80 bits per heavy atom. The molecule has 2 heterocycles. The number of piperazine rings is 1. The lowest BCUT2D eigenvalue weighted by molar-refractivity contribution is 0.0417. The molecule has 5 nitrogen and oxygen atoms in total. The van der Waals surface area contributed by atoms with E-state index in [4.69, 9.17) is 4.74 Å². The lowest BCUT2D eigenvalue weighted by Gasteiger charge is -2.44. The molecule has 5 heteroatoms. The van der Waals surface area contributed by atoms with Gasteiger partial charge in [-0.15, -0.1) is 0 Å². The fourth-order valence-electron chi connectivity index (χ4n) is 4.16. The molecule has 2 fully saturated rings. The molecule has 0 aliphatic carbocycles. The van der Waals surface area contributed by atoms with Crippen LogP contribution >= 0.6 is 0 Å². The molecule has 2 atom stereocenters. The first kappa shape index (κ1) is 18.6. The van der Waals surface area contributed by atoms with Gasteiger partial charge in [0.15, 0.2) is 0 Å². The molecule has 2 aliphatic rings. The van der Waals surface area contributed by atoms with Gasteiger partial charge in [0.05, 0.1) is 13.2 Å². The third-order valence-electron chi connectivity index (χ3n) is 5.73. The number of benzene rings is 1. The van der Waals surface area contributed by atoms with E-state index in [1.165, 1.54) is 5.56 Å². The van der Waals surface area contributed by atoms with Gasteiger partial charge in [-0.05, 0) is 37.0 Å². The summed E-state index contributed by atoms with van der Waals surface area (Å²) in [5, 5.41) is 13.4. The van der Waals surface area contributed by atoms with Crippen molar-refractivity contribution in [2.45, 2.75) is 44.4 Å². The largest absolute Gasteiger partial charge is 0.497 e.